The minimum atomic E-state index is -0.913. The molecule has 0 aliphatic rings. The first-order valence-electron chi connectivity index (χ1n) is 9.73. The Morgan fingerprint density at radius 3 is 2.42 bits per heavy atom. The molecule has 6 nitrogen and oxygen atoms in total. The number of rotatable bonds is 7. The molecule has 4 aromatic rings. The Bertz CT molecular complexity index is 1220. The molecule has 4 rings (SSSR count). The van der Waals surface area contributed by atoms with Crippen molar-refractivity contribution in [3.8, 4) is 34.0 Å². The monoisotopic (exact) mass is 433 g/mol. The van der Waals surface area contributed by atoms with Crippen LogP contribution < -0.4 is 5.32 Å². The van der Waals surface area contributed by atoms with E-state index in [9.17, 15) is 4.79 Å². The van der Waals surface area contributed by atoms with Gasteiger partial charge in [-0.15, -0.1) is 10.2 Å². The quantitative estimate of drug-likeness (QED) is 0.416. The van der Waals surface area contributed by atoms with Gasteiger partial charge in [-0.2, -0.15) is 0 Å². The fourth-order valence-electron chi connectivity index (χ4n) is 3.40. The van der Waals surface area contributed by atoms with E-state index in [2.05, 4.69) is 33.7 Å². The molecule has 1 heterocycles. The van der Waals surface area contributed by atoms with Crippen LogP contribution in [0.1, 0.15) is 11.1 Å². The highest BCUT2D eigenvalue weighted by Crippen LogP contribution is 2.34. The number of nitrogens with zero attached hydrogens (tertiary/aromatic N) is 2. The van der Waals surface area contributed by atoms with E-state index in [1.165, 1.54) is 0 Å². The summed E-state index contributed by atoms with van der Waals surface area (Å²) in [5.74, 6) is -0.191. The SMILES string of the molecule is Cc1c(-c2ccccc2)cccc1-c1nnc(-c2cc(CNCC(=O)O)ccc2Cl)o1. The third-order valence-corrected chi connectivity index (χ3v) is 5.27. The van der Waals surface area contributed by atoms with E-state index in [4.69, 9.17) is 21.1 Å². The van der Waals surface area contributed by atoms with Crippen LogP contribution >= 0.6 is 11.6 Å². The van der Waals surface area contributed by atoms with E-state index in [-0.39, 0.29) is 6.54 Å². The van der Waals surface area contributed by atoms with Crippen molar-refractivity contribution in [3.05, 3.63) is 82.9 Å². The van der Waals surface area contributed by atoms with Gasteiger partial charge in [0.2, 0.25) is 11.8 Å². The summed E-state index contributed by atoms with van der Waals surface area (Å²) in [6.07, 6.45) is 0. The number of benzene rings is 3. The molecule has 0 bridgehead atoms. The average molecular weight is 434 g/mol. The molecule has 0 fully saturated rings. The lowest BCUT2D eigenvalue weighted by Crippen LogP contribution is -2.21. The van der Waals surface area contributed by atoms with Crippen LogP contribution in [-0.4, -0.2) is 27.8 Å². The number of nitrogens with one attached hydrogen (secondary N) is 1. The minimum Gasteiger partial charge on any atom is -0.480 e. The van der Waals surface area contributed by atoms with Gasteiger partial charge >= 0.3 is 5.97 Å². The smallest absolute Gasteiger partial charge is 0.317 e. The fourth-order valence-corrected chi connectivity index (χ4v) is 3.60. The third kappa shape index (κ3) is 4.66. The molecule has 0 radical (unpaired) electrons. The highest BCUT2D eigenvalue weighted by molar-refractivity contribution is 6.33. The molecule has 1 aromatic heterocycles. The normalized spacial score (nSPS) is 10.9. The van der Waals surface area contributed by atoms with Crippen molar-refractivity contribution in [1.29, 1.82) is 0 Å². The van der Waals surface area contributed by atoms with Crippen molar-refractivity contribution in [2.45, 2.75) is 13.5 Å². The zero-order chi connectivity index (χ0) is 21.8. The van der Waals surface area contributed by atoms with Crippen LogP contribution in [0.25, 0.3) is 34.0 Å². The number of halogens is 1. The predicted octanol–water partition coefficient (Wildman–Crippen LogP) is 5.21. The molecule has 0 saturated carbocycles. The topological polar surface area (TPSA) is 88.2 Å². The zero-order valence-electron chi connectivity index (χ0n) is 16.8. The van der Waals surface area contributed by atoms with E-state index >= 15 is 0 Å². The lowest BCUT2D eigenvalue weighted by Gasteiger charge is -2.09. The summed E-state index contributed by atoms with van der Waals surface area (Å²) in [7, 11) is 0. The van der Waals surface area contributed by atoms with Crippen LogP contribution in [0.5, 0.6) is 0 Å². The van der Waals surface area contributed by atoms with Crippen LogP contribution in [0.3, 0.4) is 0 Å². The van der Waals surface area contributed by atoms with E-state index < -0.39 is 5.97 Å². The summed E-state index contributed by atoms with van der Waals surface area (Å²) in [5.41, 5.74) is 5.58. The summed E-state index contributed by atoms with van der Waals surface area (Å²) in [4.78, 5) is 10.7. The van der Waals surface area contributed by atoms with Gasteiger partial charge in [0.15, 0.2) is 0 Å². The second kappa shape index (κ2) is 9.12. The number of carboxylic acid groups (broad SMARTS) is 1. The maximum Gasteiger partial charge on any atom is 0.317 e. The highest BCUT2D eigenvalue weighted by Gasteiger charge is 2.17. The highest BCUT2D eigenvalue weighted by atomic mass is 35.5. The first-order valence-corrected chi connectivity index (χ1v) is 10.1. The first kappa shape index (κ1) is 20.8. The van der Waals surface area contributed by atoms with Crippen molar-refractivity contribution < 1.29 is 14.3 Å². The Morgan fingerprint density at radius 1 is 0.968 bits per heavy atom. The summed E-state index contributed by atoms with van der Waals surface area (Å²) in [5, 5.41) is 20.6. The van der Waals surface area contributed by atoms with Crippen molar-refractivity contribution in [1.82, 2.24) is 15.5 Å². The second-order valence-electron chi connectivity index (χ2n) is 7.07. The molecule has 0 unspecified atom stereocenters. The Kier molecular flexibility index (Phi) is 6.11. The van der Waals surface area contributed by atoms with Gasteiger partial charge in [-0.1, -0.05) is 60.1 Å². The number of hydrogen-bond donors (Lipinski definition) is 2. The number of carbonyl (C=O) groups is 1. The van der Waals surface area contributed by atoms with E-state index in [0.717, 1.165) is 27.8 Å². The largest absolute Gasteiger partial charge is 0.480 e. The summed E-state index contributed by atoms with van der Waals surface area (Å²) in [6, 6.07) is 21.5. The lowest BCUT2D eigenvalue weighted by atomic mass is 9.96. The van der Waals surface area contributed by atoms with Crippen LogP contribution in [0.4, 0.5) is 0 Å². The van der Waals surface area contributed by atoms with E-state index in [0.29, 0.717) is 28.9 Å². The van der Waals surface area contributed by atoms with Gasteiger partial charge in [-0.25, -0.2) is 0 Å². The number of aliphatic carboxylic acids is 1. The van der Waals surface area contributed by atoms with Gasteiger partial charge in [0.25, 0.3) is 0 Å². The Hall–Kier alpha value is -3.48. The van der Waals surface area contributed by atoms with E-state index in [1.54, 1.807) is 6.07 Å². The van der Waals surface area contributed by atoms with Crippen molar-refractivity contribution >= 4 is 17.6 Å². The standard InChI is InChI=1S/C24H20ClN3O3/c1-15-18(17-6-3-2-4-7-17)8-5-9-19(15)23-27-28-24(31-23)20-12-16(10-11-21(20)25)13-26-14-22(29)30/h2-12,26H,13-14H2,1H3,(H,29,30). The molecule has 0 spiro atoms. The molecule has 156 valence electrons. The van der Waals surface area contributed by atoms with Crippen LogP contribution in [0.2, 0.25) is 5.02 Å². The molecule has 0 atom stereocenters. The molecule has 0 aliphatic heterocycles. The molecule has 3 aromatic carbocycles. The molecule has 7 heteroatoms. The van der Waals surface area contributed by atoms with Gasteiger partial charge in [0.05, 0.1) is 17.1 Å². The van der Waals surface area contributed by atoms with Gasteiger partial charge in [0, 0.05) is 12.1 Å². The maximum atomic E-state index is 10.7. The zero-order valence-corrected chi connectivity index (χ0v) is 17.6. The molecule has 2 N–H and O–H groups in total. The van der Waals surface area contributed by atoms with Gasteiger partial charge in [0.1, 0.15) is 0 Å². The van der Waals surface area contributed by atoms with Crippen molar-refractivity contribution in [3.63, 3.8) is 0 Å². The molecular weight excluding hydrogens is 414 g/mol. The van der Waals surface area contributed by atoms with Crippen LogP contribution in [0.15, 0.2) is 71.1 Å². The first-order chi connectivity index (χ1) is 15.0. The lowest BCUT2D eigenvalue weighted by molar-refractivity contribution is -0.135. The Labute approximate surface area is 184 Å². The number of carboxylic acids is 1. The van der Waals surface area contributed by atoms with Gasteiger partial charge in [-0.3, -0.25) is 4.79 Å². The summed E-state index contributed by atoms with van der Waals surface area (Å²) >= 11 is 6.36. The summed E-state index contributed by atoms with van der Waals surface area (Å²) in [6.45, 7) is 2.29. The van der Waals surface area contributed by atoms with Gasteiger partial charge < -0.3 is 14.8 Å². The van der Waals surface area contributed by atoms with Crippen molar-refractivity contribution in [2.24, 2.45) is 0 Å². The Morgan fingerprint density at radius 2 is 1.68 bits per heavy atom. The predicted molar refractivity (Wildman–Crippen MR) is 120 cm³/mol. The van der Waals surface area contributed by atoms with Crippen LogP contribution in [-0.2, 0) is 11.3 Å². The third-order valence-electron chi connectivity index (χ3n) is 4.94. The summed E-state index contributed by atoms with van der Waals surface area (Å²) < 4.78 is 5.98. The second-order valence-corrected chi connectivity index (χ2v) is 7.48. The molecule has 0 saturated heterocycles. The molecule has 31 heavy (non-hydrogen) atoms. The van der Waals surface area contributed by atoms with Crippen molar-refractivity contribution in [2.75, 3.05) is 6.54 Å². The molecule has 0 amide bonds. The van der Waals surface area contributed by atoms with E-state index in [1.807, 2.05) is 49.4 Å². The average Bonchev–Trinajstić information content (AvgIpc) is 3.25. The minimum absolute atomic E-state index is 0.125. The van der Waals surface area contributed by atoms with Gasteiger partial charge in [-0.05, 0) is 47.4 Å². The molecular formula is C24H20ClN3O3. The number of hydrogen-bond acceptors (Lipinski definition) is 5. The number of aromatic nitrogens is 2. The maximum absolute atomic E-state index is 10.7. The van der Waals surface area contributed by atoms with Crippen LogP contribution in [0, 0.1) is 6.92 Å². The fraction of sp³-hybridized carbons (Fsp3) is 0.125. The molecule has 0 aliphatic carbocycles. The Balaban J connectivity index is 1.64.